The number of carbonyl (C=O) groups is 1. The fourth-order valence-corrected chi connectivity index (χ4v) is 2.51. The second-order valence-corrected chi connectivity index (χ2v) is 5.33. The van der Waals surface area contributed by atoms with Gasteiger partial charge in [0.2, 0.25) is 0 Å². The molecule has 0 saturated carbocycles. The molecule has 2 aromatic rings. The molecule has 0 saturated heterocycles. The van der Waals surface area contributed by atoms with E-state index in [9.17, 15) is 4.79 Å². The molecule has 0 aliphatic carbocycles. The Labute approximate surface area is 111 Å². The smallest absolute Gasteiger partial charge is 0.267 e. The third kappa shape index (κ3) is 2.59. The summed E-state index contributed by atoms with van der Waals surface area (Å²) >= 11 is 3.57. The topological polar surface area (TPSA) is 42.0 Å². The highest BCUT2D eigenvalue weighted by Gasteiger charge is 2.11. The number of anilines is 1. The van der Waals surface area contributed by atoms with E-state index in [0.717, 1.165) is 15.0 Å². The predicted octanol–water partition coefficient (Wildman–Crippen LogP) is 3.31. The maximum absolute atomic E-state index is 11.9. The van der Waals surface area contributed by atoms with Gasteiger partial charge in [-0.15, -0.1) is 11.3 Å². The van der Waals surface area contributed by atoms with Crippen molar-refractivity contribution < 1.29 is 4.79 Å². The first-order valence-corrected chi connectivity index (χ1v) is 6.59. The van der Waals surface area contributed by atoms with Gasteiger partial charge in [-0.1, -0.05) is 6.07 Å². The zero-order chi connectivity index (χ0) is 11.5. The van der Waals surface area contributed by atoms with Crippen LogP contribution < -0.4 is 5.32 Å². The summed E-state index contributed by atoms with van der Waals surface area (Å²) in [4.78, 5) is 16.6. The third-order valence-electron chi connectivity index (χ3n) is 2.03. The Bertz CT molecular complexity index is 524. The number of hydrogen-bond acceptors (Lipinski definition) is 3. The molecule has 0 spiro atoms. The first-order valence-electron chi connectivity index (χ1n) is 4.64. The van der Waals surface area contributed by atoms with Crippen LogP contribution in [0.2, 0.25) is 0 Å². The molecular weight excluding hydrogens is 335 g/mol. The molecule has 0 fully saturated rings. The monoisotopic (exact) mass is 344 g/mol. The summed E-state index contributed by atoms with van der Waals surface area (Å²) in [7, 11) is 0. The second kappa shape index (κ2) is 4.92. The number of thiazole rings is 1. The van der Waals surface area contributed by atoms with E-state index in [-0.39, 0.29) is 5.91 Å². The lowest BCUT2D eigenvalue weighted by Crippen LogP contribution is -2.11. The molecule has 0 aliphatic heterocycles. The van der Waals surface area contributed by atoms with Crippen LogP contribution in [-0.4, -0.2) is 10.9 Å². The quantitative estimate of drug-likeness (QED) is 0.850. The molecule has 16 heavy (non-hydrogen) atoms. The van der Waals surface area contributed by atoms with Crippen LogP contribution in [-0.2, 0) is 0 Å². The van der Waals surface area contributed by atoms with Crippen LogP contribution in [0.4, 0.5) is 5.69 Å². The van der Waals surface area contributed by atoms with Crippen LogP contribution >= 0.6 is 33.9 Å². The average Bonchev–Trinajstić information content (AvgIpc) is 2.64. The molecule has 0 unspecified atom stereocenters. The van der Waals surface area contributed by atoms with E-state index >= 15 is 0 Å². The maximum atomic E-state index is 11.9. The highest BCUT2D eigenvalue weighted by Crippen LogP contribution is 2.17. The Hall–Kier alpha value is -0.950. The Balaban J connectivity index is 2.17. The number of nitrogens with zero attached hydrogens (tertiary/aromatic N) is 1. The number of rotatable bonds is 2. The van der Waals surface area contributed by atoms with Crippen molar-refractivity contribution in [1.82, 2.24) is 4.98 Å². The molecule has 1 amide bonds. The second-order valence-electron chi connectivity index (χ2n) is 3.23. The molecule has 82 valence electrons. The molecule has 2 rings (SSSR count). The highest BCUT2D eigenvalue weighted by molar-refractivity contribution is 14.1. The largest absolute Gasteiger partial charge is 0.321 e. The van der Waals surface area contributed by atoms with E-state index in [0.29, 0.717) is 4.88 Å². The summed E-state index contributed by atoms with van der Waals surface area (Å²) in [6.07, 6.45) is 0. The molecular formula is C11H9IN2OS. The molecule has 5 heteroatoms. The van der Waals surface area contributed by atoms with Crippen LogP contribution in [0.3, 0.4) is 0 Å². The van der Waals surface area contributed by atoms with Crippen molar-refractivity contribution in [1.29, 1.82) is 0 Å². The normalized spacial score (nSPS) is 10.1. The number of benzene rings is 1. The van der Waals surface area contributed by atoms with Crippen molar-refractivity contribution in [3.63, 3.8) is 0 Å². The number of hydrogen-bond donors (Lipinski definition) is 1. The Morgan fingerprint density at radius 3 is 2.94 bits per heavy atom. The van der Waals surface area contributed by atoms with Gasteiger partial charge in [0, 0.05) is 9.26 Å². The van der Waals surface area contributed by atoms with Gasteiger partial charge in [-0.25, -0.2) is 4.98 Å². The lowest BCUT2D eigenvalue weighted by molar-refractivity contribution is 0.103. The summed E-state index contributed by atoms with van der Waals surface area (Å²) in [6.45, 7) is 1.83. The molecule has 3 nitrogen and oxygen atoms in total. The zero-order valence-corrected chi connectivity index (χ0v) is 11.5. The fourth-order valence-electron chi connectivity index (χ4n) is 1.27. The Morgan fingerprint density at radius 1 is 1.50 bits per heavy atom. The molecule has 1 heterocycles. The van der Waals surface area contributed by atoms with Gasteiger partial charge in [-0.05, 0) is 47.7 Å². The summed E-state index contributed by atoms with van der Waals surface area (Å²) in [5.74, 6) is -0.0954. The minimum atomic E-state index is -0.0954. The van der Waals surface area contributed by atoms with E-state index in [2.05, 4.69) is 32.9 Å². The van der Waals surface area contributed by atoms with Gasteiger partial charge < -0.3 is 5.32 Å². The minimum Gasteiger partial charge on any atom is -0.321 e. The van der Waals surface area contributed by atoms with Gasteiger partial charge in [0.05, 0.1) is 11.2 Å². The lowest BCUT2D eigenvalue weighted by atomic mass is 10.3. The van der Waals surface area contributed by atoms with E-state index in [1.165, 1.54) is 11.3 Å². The summed E-state index contributed by atoms with van der Waals surface area (Å²) in [5.41, 5.74) is 3.26. The van der Waals surface area contributed by atoms with Gasteiger partial charge in [0.25, 0.3) is 5.91 Å². The molecule has 1 aromatic carbocycles. The minimum absolute atomic E-state index is 0.0954. The summed E-state index contributed by atoms with van der Waals surface area (Å²) < 4.78 is 1.09. The van der Waals surface area contributed by atoms with Crippen molar-refractivity contribution in [3.05, 3.63) is 43.9 Å². The molecule has 0 bridgehead atoms. The van der Waals surface area contributed by atoms with Crippen LogP contribution in [0.15, 0.2) is 29.8 Å². The SMILES string of the molecule is Cc1ncsc1C(=O)Nc1cccc(I)c1. The van der Waals surface area contributed by atoms with E-state index < -0.39 is 0 Å². The first-order chi connectivity index (χ1) is 7.66. The van der Waals surface area contributed by atoms with E-state index in [1.807, 2.05) is 31.2 Å². The molecule has 0 radical (unpaired) electrons. The van der Waals surface area contributed by atoms with Crippen molar-refractivity contribution in [3.8, 4) is 0 Å². The number of aryl methyl sites for hydroxylation is 1. The maximum Gasteiger partial charge on any atom is 0.267 e. The van der Waals surface area contributed by atoms with Gasteiger partial charge in [0.1, 0.15) is 4.88 Å². The average molecular weight is 344 g/mol. The van der Waals surface area contributed by atoms with Crippen molar-refractivity contribution in [2.24, 2.45) is 0 Å². The van der Waals surface area contributed by atoms with Crippen molar-refractivity contribution in [2.75, 3.05) is 5.32 Å². The zero-order valence-electron chi connectivity index (χ0n) is 8.53. The summed E-state index contributed by atoms with van der Waals surface area (Å²) in [6, 6.07) is 7.69. The fraction of sp³-hybridized carbons (Fsp3) is 0.0909. The third-order valence-corrected chi connectivity index (χ3v) is 3.63. The van der Waals surface area contributed by atoms with Gasteiger partial charge in [-0.3, -0.25) is 4.79 Å². The van der Waals surface area contributed by atoms with Crippen molar-refractivity contribution in [2.45, 2.75) is 6.92 Å². The number of amides is 1. The standard InChI is InChI=1S/C11H9IN2OS/c1-7-10(16-6-13-7)11(15)14-9-4-2-3-8(12)5-9/h2-6H,1H3,(H,14,15). The molecule has 1 aromatic heterocycles. The van der Waals surface area contributed by atoms with Crippen LogP contribution in [0.25, 0.3) is 0 Å². The number of halogens is 1. The highest BCUT2D eigenvalue weighted by atomic mass is 127. The van der Waals surface area contributed by atoms with E-state index in [4.69, 9.17) is 0 Å². The van der Waals surface area contributed by atoms with Crippen LogP contribution in [0.5, 0.6) is 0 Å². The van der Waals surface area contributed by atoms with Gasteiger partial charge in [-0.2, -0.15) is 0 Å². The Morgan fingerprint density at radius 2 is 2.31 bits per heavy atom. The number of aromatic nitrogens is 1. The predicted molar refractivity (Wildman–Crippen MR) is 74.0 cm³/mol. The molecule has 1 N–H and O–H groups in total. The van der Waals surface area contributed by atoms with Crippen molar-refractivity contribution >= 4 is 45.5 Å². The number of nitrogens with one attached hydrogen (secondary N) is 1. The van der Waals surface area contributed by atoms with Gasteiger partial charge >= 0.3 is 0 Å². The molecule has 0 atom stereocenters. The van der Waals surface area contributed by atoms with E-state index in [1.54, 1.807) is 5.51 Å². The first kappa shape index (κ1) is 11.5. The van der Waals surface area contributed by atoms with Crippen LogP contribution in [0.1, 0.15) is 15.4 Å². The van der Waals surface area contributed by atoms with Crippen LogP contribution in [0, 0.1) is 10.5 Å². The Kier molecular flexibility index (Phi) is 3.55. The van der Waals surface area contributed by atoms with Gasteiger partial charge in [0.15, 0.2) is 0 Å². The molecule has 0 aliphatic rings. The summed E-state index contributed by atoms with van der Waals surface area (Å²) in [5, 5.41) is 2.85. The number of carbonyl (C=O) groups excluding carboxylic acids is 1. The lowest BCUT2D eigenvalue weighted by Gasteiger charge is -2.04.